The Morgan fingerprint density at radius 3 is 3.00 bits per heavy atom. The van der Waals surface area contributed by atoms with Crippen molar-refractivity contribution in [3.63, 3.8) is 0 Å². The van der Waals surface area contributed by atoms with Crippen molar-refractivity contribution in [1.82, 2.24) is 15.2 Å². The van der Waals surface area contributed by atoms with Gasteiger partial charge in [0.1, 0.15) is 0 Å². The molecule has 1 aliphatic heterocycles. The number of anilines is 1. The molecule has 2 amide bonds. The molecule has 0 spiro atoms. The van der Waals surface area contributed by atoms with Crippen molar-refractivity contribution in [3.8, 4) is 0 Å². The number of hydrogen-bond acceptors (Lipinski definition) is 5. The molecule has 1 saturated heterocycles. The lowest BCUT2D eigenvalue weighted by molar-refractivity contribution is -0.126. The zero-order valence-electron chi connectivity index (χ0n) is 14.2. The largest absolute Gasteiger partial charge is 0.355 e. The van der Waals surface area contributed by atoms with Gasteiger partial charge < -0.3 is 15.1 Å². The number of carbonyl (C=O) groups excluding carboxylic acids is 2. The maximum absolute atomic E-state index is 12.3. The van der Waals surface area contributed by atoms with Crippen LogP contribution < -0.4 is 10.2 Å². The minimum atomic E-state index is -0.285. The van der Waals surface area contributed by atoms with Crippen molar-refractivity contribution >= 4 is 39.1 Å². The fraction of sp³-hybridized carbons (Fsp3) is 0.471. The van der Waals surface area contributed by atoms with Crippen molar-refractivity contribution in [2.24, 2.45) is 5.92 Å². The van der Waals surface area contributed by atoms with Crippen molar-refractivity contribution < 1.29 is 9.59 Å². The normalized spacial score (nSPS) is 17.9. The highest BCUT2D eigenvalue weighted by atomic mass is 32.1. The molecule has 0 bridgehead atoms. The van der Waals surface area contributed by atoms with Gasteiger partial charge in [-0.25, -0.2) is 4.98 Å². The molecule has 1 unspecified atom stereocenters. The Kier molecular flexibility index (Phi) is 4.82. The summed E-state index contributed by atoms with van der Waals surface area (Å²) in [7, 11) is 3.92. The van der Waals surface area contributed by atoms with Crippen LogP contribution in [-0.4, -0.2) is 55.4 Å². The number of amides is 2. The number of aromatic nitrogens is 1. The van der Waals surface area contributed by atoms with Gasteiger partial charge in [-0.15, -0.1) is 11.3 Å². The Balaban J connectivity index is 1.68. The number of likely N-dealkylation sites (N-methyl/N-ethyl adjacent to an activating group) is 1. The quantitative estimate of drug-likeness (QED) is 0.894. The minimum absolute atomic E-state index is 0.00550. The second-order valence-electron chi connectivity index (χ2n) is 6.38. The van der Waals surface area contributed by atoms with Crippen LogP contribution in [0, 0.1) is 12.8 Å². The molecule has 1 fully saturated rings. The van der Waals surface area contributed by atoms with Crippen molar-refractivity contribution in [1.29, 1.82) is 0 Å². The number of fused-ring (bicyclic) bond motifs is 1. The van der Waals surface area contributed by atoms with Gasteiger partial charge in [-0.2, -0.15) is 0 Å². The average molecular weight is 346 g/mol. The zero-order valence-corrected chi connectivity index (χ0v) is 15.0. The molecule has 1 atom stereocenters. The van der Waals surface area contributed by atoms with Crippen LogP contribution in [0.3, 0.4) is 0 Å². The van der Waals surface area contributed by atoms with Gasteiger partial charge in [0, 0.05) is 31.7 Å². The standard InChI is InChI=1S/C17H22N4O2S/c1-11-19-14-9-13(4-5-15(14)24-11)21-10-12(8-16(21)22)17(23)18-6-7-20(2)3/h4-5,9,12H,6-8,10H2,1-3H3,(H,18,23). The first-order valence-corrected chi connectivity index (χ1v) is 8.85. The summed E-state index contributed by atoms with van der Waals surface area (Å²) in [6.07, 6.45) is 0.266. The topological polar surface area (TPSA) is 65.5 Å². The summed E-state index contributed by atoms with van der Waals surface area (Å²) in [6.45, 7) is 3.79. The number of rotatable bonds is 5. The number of hydrogen-bond donors (Lipinski definition) is 1. The molecular formula is C17H22N4O2S. The van der Waals surface area contributed by atoms with Crippen LogP contribution in [0.2, 0.25) is 0 Å². The third-order valence-corrected chi connectivity index (χ3v) is 5.10. The molecule has 24 heavy (non-hydrogen) atoms. The Morgan fingerprint density at radius 1 is 1.46 bits per heavy atom. The number of carbonyl (C=O) groups is 2. The summed E-state index contributed by atoms with van der Waals surface area (Å²) >= 11 is 1.64. The summed E-state index contributed by atoms with van der Waals surface area (Å²) in [5.41, 5.74) is 1.73. The molecule has 128 valence electrons. The van der Waals surface area contributed by atoms with Crippen molar-refractivity contribution in [3.05, 3.63) is 23.2 Å². The highest BCUT2D eigenvalue weighted by Gasteiger charge is 2.35. The molecule has 0 saturated carbocycles. The molecule has 7 heteroatoms. The predicted octanol–water partition coefficient (Wildman–Crippen LogP) is 1.64. The van der Waals surface area contributed by atoms with Gasteiger partial charge in [0.2, 0.25) is 11.8 Å². The second-order valence-corrected chi connectivity index (χ2v) is 7.62. The molecular weight excluding hydrogens is 324 g/mol. The number of benzene rings is 1. The first-order chi connectivity index (χ1) is 11.4. The van der Waals surface area contributed by atoms with Gasteiger partial charge >= 0.3 is 0 Å². The minimum Gasteiger partial charge on any atom is -0.355 e. The molecule has 1 aliphatic rings. The van der Waals surface area contributed by atoms with Crippen LogP contribution in [0.5, 0.6) is 0 Å². The van der Waals surface area contributed by atoms with Crippen molar-refractivity contribution in [2.45, 2.75) is 13.3 Å². The van der Waals surface area contributed by atoms with Gasteiger partial charge in [0.05, 0.1) is 21.1 Å². The van der Waals surface area contributed by atoms with Gasteiger partial charge in [-0.05, 0) is 39.2 Å². The Morgan fingerprint density at radius 2 is 2.25 bits per heavy atom. The van der Waals surface area contributed by atoms with E-state index in [1.807, 2.05) is 44.1 Å². The van der Waals surface area contributed by atoms with E-state index in [4.69, 9.17) is 0 Å². The summed E-state index contributed by atoms with van der Waals surface area (Å²) in [5, 5.41) is 3.92. The SMILES string of the molecule is Cc1nc2cc(N3CC(C(=O)NCCN(C)C)CC3=O)ccc2s1. The fourth-order valence-electron chi connectivity index (χ4n) is 2.88. The number of nitrogens with one attached hydrogen (secondary N) is 1. The lowest BCUT2D eigenvalue weighted by Gasteiger charge is -2.17. The molecule has 0 radical (unpaired) electrons. The highest BCUT2D eigenvalue weighted by molar-refractivity contribution is 7.18. The van der Waals surface area contributed by atoms with Gasteiger partial charge in [-0.3, -0.25) is 9.59 Å². The third kappa shape index (κ3) is 3.57. The summed E-state index contributed by atoms with van der Waals surface area (Å²) in [5.74, 6) is -0.333. The van der Waals surface area contributed by atoms with Crippen LogP contribution in [-0.2, 0) is 9.59 Å². The van der Waals surface area contributed by atoms with E-state index in [0.29, 0.717) is 13.1 Å². The number of nitrogens with zero attached hydrogens (tertiary/aromatic N) is 3. The lowest BCUT2D eigenvalue weighted by atomic mass is 10.1. The van der Waals surface area contributed by atoms with E-state index < -0.39 is 0 Å². The van der Waals surface area contributed by atoms with E-state index in [-0.39, 0.29) is 24.2 Å². The smallest absolute Gasteiger partial charge is 0.227 e. The van der Waals surface area contributed by atoms with Crippen LogP contribution in [0.1, 0.15) is 11.4 Å². The molecule has 1 N–H and O–H groups in total. The summed E-state index contributed by atoms with van der Waals surface area (Å²) in [6, 6.07) is 5.86. The van der Waals surface area contributed by atoms with E-state index in [1.54, 1.807) is 16.2 Å². The predicted molar refractivity (Wildman–Crippen MR) is 96.4 cm³/mol. The first kappa shape index (κ1) is 16.9. The monoisotopic (exact) mass is 346 g/mol. The van der Waals surface area contributed by atoms with E-state index in [1.165, 1.54) is 0 Å². The second kappa shape index (κ2) is 6.86. The van der Waals surface area contributed by atoms with Crippen molar-refractivity contribution in [2.75, 3.05) is 38.6 Å². The van der Waals surface area contributed by atoms with Crippen LogP contribution in [0.15, 0.2) is 18.2 Å². The van der Waals surface area contributed by atoms with Crippen LogP contribution >= 0.6 is 11.3 Å². The Bertz CT molecular complexity index is 771. The Labute approximate surface area is 145 Å². The zero-order chi connectivity index (χ0) is 17.3. The van der Waals surface area contributed by atoms with Gasteiger partial charge in [0.25, 0.3) is 0 Å². The van der Waals surface area contributed by atoms with E-state index in [0.717, 1.165) is 27.5 Å². The van der Waals surface area contributed by atoms with Gasteiger partial charge in [0.15, 0.2) is 0 Å². The Hall–Kier alpha value is -1.99. The maximum Gasteiger partial charge on any atom is 0.227 e. The fourth-order valence-corrected chi connectivity index (χ4v) is 3.69. The third-order valence-electron chi connectivity index (χ3n) is 4.14. The highest BCUT2D eigenvalue weighted by Crippen LogP contribution is 2.30. The van der Waals surface area contributed by atoms with E-state index in [9.17, 15) is 9.59 Å². The number of aryl methyl sites for hydroxylation is 1. The molecule has 2 heterocycles. The molecule has 6 nitrogen and oxygen atoms in total. The average Bonchev–Trinajstić information content (AvgIpc) is 3.07. The first-order valence-electron chi connectivity index (χ1n) is 8.04. The molecule has 0 aliphatic carbocycles. The summed E-state index contributed by atoms with van der Waals surface area (Å²) in [4.78, 5) is 32.8. The van der Waals surface area contributed by atoms with E-state index in [2.05, 4.69) is 10.3 Å². The lowest BCUT2D eigenvalue weighted by Crippen LogP contribution is -2.36. The van der Waals surface area contributed by atoms with Gasteiger partial charge in [-0.1, -0.05) is 0 Å². The molecule has 1 aromatic carbocycles. The maximum atomic E-state index is 12.3. The molecule has 3 rings (SSSR count). The van der Waals surface area contributed by atoms with E-state index >= 15 is 0 Å². The van der Waals surface area contributed by atoms with Crippen LogP contribution in [0.25, 0.3) is 10.2 Å². The summed E-state index contributed by atoms with van der Waals surface area (Å²) < 4.78 is 1.11. The van der Waals surface area contributed by atoms with Crippen LogP contribution in [0.4, 0.5) is 5.69 Å². The molecule has 2 aromatic rings. The molecule has 1 aromatic heterocycles. The number of thiazole rings is 1.